The Balaban J connectivity index is 1.59. The number of amides is 1. The molecule has 0 saturated carbocycles. The molecule has 0 atom stereocenters. The number of fused-ring (bicyclic) bond motifs is 1. The van der Waals surface area contributed by atoms with Crippen LogP contribution in [0.3, 0.4) is 0 Å². The Morgan fingerprint density at radius 1 is 1.09 bits per heavy atom. The highest BCUT2D eigenvalue weighted by molar-refractivity contribution is 5.79. The predicted octanol–water partition coefficient (Wildman–Crippen LogP) is 1.69. The summed E-state index contributed by atoms with van der Waals surface area (Å²) in [6.07, 6.45) is -0.00914. The summed E-state index contributed by atoms with van der Waals surface area (Å²) >= 11 is 0. The summed E-state index contributed by atoms with van der Waals surface area (Å²) in [6.45, 7) is 0.553. The van der Waals surface area contributed by atoms with Gasteiger partial charge in [0.1, 0.15) is 11.5 Å². The van der Waals surface area contributed by atoms with E-state index in [2.05, 4.69) is 5.32 Å². The molecule has 2 aromatic carbocycles. The van der Waals surface area contributed by atoms with Crippen LogP contribution in [0.5, 0.6) is 23.0 Å². The number of rotatable bonds is 4. The zero-order valence-electron chi connectivity index (χ0n) is 11.7. The van der Waals surface area contributed by atoms with Crippen molar-refractivity contribution in [3.8, 4) is 23.0 Å². The summed E-state index contributed by atoms with van der Waals surface area (Å²) in [5.74, 6) is 1.10. The van der Waals surface area contributed by atoms with Gasteiger partial charge in [-0.2, -0.15) is 0 Å². The number of benzene rings is 2. The van der Waals surface area contributed by atoms with Gasteiger partial charge in [-0.1, -0.05) is 6.07 Å². The number of ether oxygens (including phenoxy) is 2. The third-order valence-corrected chi connectivity index (χ3v) is 3.34. The fourth-order valence-electron chi connectivity index (χ4n) is 2.20. The van der Waals surface area contributed by atoms with E-state index in [9.17, 15) is 15.0 Å². The van der Waals surface area contributed by atoms with Crippen molar-refractivity contribution in [2.24, 2.45) is 0 Å². The lowest BCUT2D eigenvalue weighted by Gasteiger charge is -2.08. The largest absolute Gasteiger partial charge is 0.508 e. The van der Waals surface area contributed by atoms with Gasteiger partial charge in [0.25, 0.3) is 0 Å². The van der Waals surface area contributed by atoms with E-state index in [4.69, 9.17) is 9.47 Å². The second kappa shape index (κ2) is 5.85. The van der Waals surface area contributed by atoms with E-state index in [1.807, 2.05) is 12.1 Å². The summed E-state index contributed by atoms with van der Waals surface area (Å²) in [7, 11) is 0. The Bertz CT molecular complexity index is 714. The van der Waals surface area contributed by atoms with Gasteiger partial charge in [0.05, 0.1) is 6.42 Å². The van der Waals surface area contributed by atoms with Crippen molar-refractivity contribution in [2.45, 2.75) is 13.0 Å². The van der Waals surface area contributed by atoms with Gasteiger partial charge in [-0.3, -0.25) is 4.79 Å². The van der Waals surface area contributed by atoms with Crippen LogP contribution in [0.1, 0.15) is 11.1 Å². The zero-order chi connectivity index (χ0) is 15.5. The first-order chi connectivity index (χ1) is 10.6. The average Bonchev–Trinajstić information content (AvgIpc) is 2.96. The van der Waals surface area contributed by atoms with E-state index in [0.29, 0.717) is 23.6 Å². The molecular formula is C16H15NO5. The van der Waals surface area contributed by atoms with E-state index in [-0.39, 0.29) is 30.6 Å². The number of phenols is 2. The van der Waals surface area contributed by atoms with Crippen molar-refractivity contribution in [2.75, 3.05) is 6.79 Å². The smallest absolute Gasteiger partial charge is 0.231 e. The van der Waals surface area contributed by atoms with Crippen LogP contribution in [0.15, 0.2) is 36.4 Å². The first kappa shape index (κ1) is 14.1. The highest BCUT2D eigenvalue weighted by Gasteiger charge is 2.14. The van der Waals surface area contributed by atoms with Gasteiger partial charge in [-0.05, 0) is 35.9 Å². The van der Waals surface area contributed by atoms with Gasteiger partial charge in [-0.25, -0.2) is 0 Å². The highest BCUT2D eigenvalue weighted by Crippen LogP contribution is 2.32. The van der Waals surface area contributed by atoms with Crippen LogP contribution in [-0.2, 0) is 17.8 Å². The molecule has 0 radical (unpaired) electrons. The van der Waals surface area contributed by atoms with Crippen molar-refractivity contribution in [1.82, 2.24) is 5.32 Å². The van der Waals surface area contributed by atoms with Crippen molar-refractivity contribution >= 4 is 5.91 Å². The minimum absolute atomic E-state index is 0.00914. The van der Waals surface area contributed by atoms with Crippen molar-refractivity contribution in [3.63, 3.8) is 0 Å². The van der Waals surface area contributed by atoms with E-state index in [0.717, 1.165) is 5.56 Å². The molecule has 6 heteroatoms. The van der Waals surface area contributed by atoms with Gasteiger partial charge in [-0.15, -0.1) is 0 Å². The summed E-state index contributed by atoms with van der Waals surface area (Å²) in [6, 6.07) is 9.55. The van der Waals surface area contributed by atoms with Gasteiger partial charge in [0.15, 0.2) is 11.5 Å². The number of phenolic OH excluding ortho intramolecular Hbond substituents is 2. The Kier molecular flexibility index (Phi) is 3.74. The van der Waals surface area contributed by atoms with Crippen molar-refractivity contribution in [3.05, 3.63) is 47.5 Å². The lowest BCUT2D eigenvalue weighted by Crippen LogP contribution is -2.24. The van der Waals surface area contributed by atoms with Crippen LogP contribution in [0.4, 0.5) is 0 Å². The van der Waals surface area contributed by atoms with Crippen LogP contribution < -0.4 is 14.8 Å². The molecule has 1 aliphatic rings. The molecule has 0 aromatic heterocycles. The zero-order valence-corrected chi connectivity index (χ0v) is 11.7. The highest BCUT2D eigenvalue weighted by atomic mass is 16.7. The quantitative estimate of drug-likeness (QED) is 0.748. The number of aromatic hydroxyl groups is 2. The minimum Gasteiger partial charge on any atom is -0.508 e. The predicted molar refractivity (Wildman–Crippen MR) is 77.9 cm³/mol. The fourth-order valence-corrected chi connectivity index (χ4v) is 2.20. The standard InChI is InChI=1S/C16H15NO5/c18-12-2-3-13(19)11(6-12)7-16(20)17-8-10-1-4-14-15(5-10)22-9-21-14/h1-6,18-19H,7-9H2,(H,17,20). The van der Waals surface area contributed by atoms with Crippen molar-refractivity contribution < 1.29 is 24.5 Å². The number of carbonyl (C=O) groups is 1. The second-order valence-electron chi connectivity index (χ2n) is 4.95. The molecule has 2 aromatic rings. The molecule has 1 aliphatic heterocycles. The SMILES string of the molecule is O=C(Cc1cc(O)ccc1O)NCc1ccc2c(c1)OCO2. The normalized spacial score (nSPS) is 12.2. The van der Waals surface area contributed by atoms with Gasteiger partial charge < -0.3 is 25.0 Å². The third-order valence-electron chi connectivity index (χ3n) is 3.34. The molecule has 0 unspecified atom stereocenters. The van der Waals surface area contributed by atoms with Crippen LogP contribution >= 0.6 is 0 Å². The summed E-state index contributed by atoms with van der Waals surface area (Å²) in [4.78, 5) is 11.9. The van der Waals surface area contributed by atoms with Crippen LogP contribution in [-0.4, -0.2) is 22.9 Å². The van der Waals surface area contributed by atoms with Crippen LogP contribution in [0.25, 0.3) is 0 Å². The molecular weight excluding hydrogens is 286 g/mol. The maximum Gasteiger partial charge on any atom is 0.231 e. The third kappa shape index (κ3) is 3.06. The Morgan fingerprint density at radius 3 is 2.77 bits per heavy atom. The molecule has 1 heterocycles. The molecule has 0 fully saturated rings. The molecule has 0 aliphatic carbocycles. The maximum atomic E-state index is 11.9. The molecule has 0 spiro atoms. The van der Waals surface area contributed by atoms with Crippen LogP contribution in [0, 0.1) is 0 Å². The Hall–Kier alpha value is -2.89. The molecule has 1 amide bonds. The maximum absolute atomic E-state index is 11.9. The first-order valence-electron chi connectivity index (χ1n) is 6.78. The summed E-state index contributed by atoms with van der Waals surface area (Å²) in [5.41, 5.74) is 1.26. The topological polar surface area (TPSA) is 88.0 Å². The molecule has 22 heavy (non-hydrogen) atoms. The lowest BCUT2D eigenvalue weighted by atomic mass is 10.1. The number of nitrogens with one attached hydrogen (secondary N) is 1. The molecule has 3 N–H and O–H groups in total. The number of carbonyl (C=O) groups excluding carboxylic acids is 1. The van der Waals surface area contributed by atoms with Crippen molar-refractivity contribution in [1.29, 1.82) is 0 Å². The monoisotopic (exact) mass is 301 g/mol. The van der Waals surface area contributed by atoms with E-state index in [1.165, 1.54) is 18.2 Å². The van der Waals surface area contributed by atoms with Crippen LogP contribution in [0.2, 0.25) is 0 Å². The Morgan fingerprint density at radius 2 is 1.91 bits per heavy atom. The van der Waals surface area contributed by atoms with E-state index in [1.54, 1.807) is 6.07 Å². The average molecular weight is 301 g/mol. The number of hydrogen-bond acceptors (Lipinski definition) is 5. The number of hydrogen-bond donors (Lipinski definition) is 3. The van der Waals surface area contributed by atoms with Gasteiger partial charge >= 0.3 is 0 Å². The summed E-state index contributed by atoms with van der Waals surface area (Å²) in [5, 5.41) is 21.8. The molecule has 3 rings (SSSR count). The van der Waals surface area contributed by atoms with Gasteiger partial charge in [0.2, 0.25) is 12.7 Å². The molecule has 114 valence electrons. The fraction of sp³-hybridized carbons (Fsp3) is 0.188. The molecule has 0 saturated heterocycles. The second-order valence-corrected chi connectivity index (χ2v) is 4.95. The minimum atomic E-state index is -0.251. The molecule has 0 bridgehead atoms. The lowest BCUT2D eigenvalue weighted by molar-refractivity contribution is -0.120. The van der Waals surface area contributed by atoms with E-state index < -0.39 is 0 Å². The first-order valence-corrected chi connectivity index (χ1v) is 6.78. The van der Waals surface area contributed by atoms with Gasteiger partial charge in [0, 0.05) is 12.1 Å². The van der Waals surface area contributed by atoms with E-state index >= 15 is 0 Å². The molecule has 6 nitrogen and oxygen atoms in total. The Labute approximate surface area is 126 Å². The summed E-state index contributed by atoms with van der Waals surface area (Å²) < 4.78 is 10.5.